The molecule has 1 nitrogen and oxygen atoms in total. The van der Waals surface area contributed by atoms with Gasteiger partial charge in [0.05, 0.1) is 0 Å². The highest BCUT2D eigenvalue weighted by Crippen LogP contribution is 2.41. The second-order valence-corrected chi connectivity index (χ2v) is 6.93. The van der Waals surface area contributed by atoms with Gasteiger partial charge in [0.2, 0.25) is 0 Å². The van der Waals surface area contributed by atoms with E-state index in [0.717, 1.165) is 5.75 Å². The van der Waals surface area contributed by atoms with Crippen LogP contribution in [0.15, 0.2) is 30.3 Å². The molecular formula is C7H8IOP. The van der Waals surface area contributed by atoms with E-state index in [2.05, 4.69) is 28.7 Å². The van der Waals surface area contributed by atoms with Crippen molar-refractivity contribution in [1.29, 1.82) is 0 Å². The monoisotopic (exact) mass is 266 g/mol. The first-order valence-electron chi connectivity index (χ1n) is 2.91. The van der Waals surface area contributed by atoms with Gasteiger partial charge in [-0.15, -0.1) is 0 Å². The second-order valence-electron chi connectivity index (χ2n) is 1.82. The molecule has 0 radical (unpaired) electrons. The molecular weight excluding hydrogens is 258 g/mol. The molecule has 3 heteroatoms. The van der Waals surface area contributed by atoms with E-state index in [1.807, 2.05) is 30.3 Å². The van der Waals surface area contributed by atoms with Crippen molar-refractivity contribution in [3.05, 3.63) is 30.3 Å². The van der Waals surface area contributed by atoms with Crippen molar-refractivity contribution >= 4 is 27.8 Å². The molecule has 0 aliphatic carbocycles. The van der Waals surface area contributed by atoms with Gasteiger partial charge in [0.15, 0.2) is 0 Å². The SMILES string of the molecule is CP(I)Oc1ccccc1. The maximum atomic E-state index is 5.47. The standard InChI is InChI=1S/C7H8IOP/c1-10(8)9-7-5-3-2-4-6-7/h2-6H,1H3. The minimum absolute atomic E-state index is 0.307. The summed E-state index contributed by atoms with van der Waals surface area (Å²) in [6, 6.07) is 9.88. The van der Waals surface area contributed by atoms with E-state index in [0.29, 0.717) is 0 Å². The predicted octanol–water partition coefficient (Wildman–Crippen LogP) is 3.44. The molecule has 54 valence electrons. The molecule has 0 fully saturated rings. The highest BCUT2D eigenvalue weighted by Gasteiger charge is 1.95. The fourth-order valence-corrected chi connectivity index (χ4v) is 1.72. The van der Waals surface area contributed by atoms with Crippen molar-refractivity contribution in [2.75, 3.05) is 6.66 Å². The Kier molecular flexibility index (Phi) is 3.43. The van der Waals surface area contributed by atoms with Gasteiger partial charge in [-0.25, -0.2) is 0 Å². The molecule has 0 bridgehead atoms. The first kappa shape index (κ1) is 8.28. The van der Waals surface area contributed by atoms with E-state index in [4.69, 9.17) is 4.52 Å². The first-order chi connectivity index (χ1) is 4.79. The van der Waals surface area contributed by atoms with Crippen molar-refractivity contribution in [3.8, 4) is 5.75 Å². The molecule has 0 aliphatic heterocycles. The van der Waals surface area contributed by atoms with Gasteiger partial charge >= 0.3 is 0 Å². The maximum absolute atomic E-state index is 5.47. The molecule has 0 heterocycles. The van der Waals surface area contributed by atoms with Crippen LogP contribution >= 0.6 is 27.8 Å². The van der Waals surface area contributed by atoms with Crippen LogP contribution in [-0.2, 0) is 0 Å². The number of hydrogen-bond acceptors (Lipinski definition) is 1. The molecule has 0 N–H and O–H groups in total. The van der Waals surface area contributed by atoms with Crippen LogP contribution < -0.4 is 4.52 Å². The van der Waals surface area contributed by atoms with Gasteiger partial charge in [0.1, 0.15) is 11.5 Å². The molecule has 0 aromatic heterocycles. The molecule has 0 saturated heterocycles. The van der Waals surface area contributed by atoms with E-state index in [-0.39, 0.29) is 5.79 Å². The van der Waals surface area contributed by atoms with Gasteiger partial charge in [-0.1, -0.05) is 18.2 Å². The lowest BCUT2D eigenvalue weighted by Gasteiger charge is -2.05. The molecule has 0 aliphatic rings. The Morgan fingerprint density at radius 3 is 2.40 bits per heavy atom. The van der Waals surface area contributed by atoms with Crippen LogP contribution in [0.5, 0.6) is 5.75 Å². The number of rotatable bonds is 2. The molecule has 0 saturated carbocycles. The first-order valence-corrected chi connectivity index (χ1v) is 7.41. The van der Waals surface area contributed by atoms with E-state index >= 15 is 0 Å². The van der Waals surface area contributed by atoms with Crippen molar-refractivity contribution < 1.29 is 4.52 Å². The minimum Gasteiger partial charge on any atom is -0.464 e. The molecule has 0 spiro atoms. The molecule has 1 aromatic carbocycles. The Morgan fingerprint density at radius 1 is 1.30 bits per heavy atom. The van der Waals surface area contributed by atoms with Gasteiger partial charge in [-0.05, 0) is 34.2 Å². The highest BCUT2D eigenvalue weighted by molar-refractivity contribution is 14.2. The third-order valence-corrected chi connectivity index (χ3v) is 2.03. The highest BCUT2D eigenvalue weighted by atomic mass is 127. The van der Waals surface area contributed by atoms with Gasteiger partial charge < -0.3 is 4.52 Å². The molecule has 1 rings (SSSR count). The Morgan fingerprint density at radius 2 is 1.90 bits per heavy atom. The Bertz CT molecular complexity index is 188. The van der Waals surface area contributed by atoms with Gasteiger partial charge in [0.25, 0.3) is 0 Å². The topological polar surface area (TPSA) is 9.23 Å². The Balaban J connectivity index is 2.59. The average molecular weight is 266 g/mol. The molecule has 10 heavy (non-hydrogen) atoms. The zero-order valence-corrected chi connectivity index (χ0v) is 8.67. The van der Waals surface area contributed by atoms with Crippen LogP contribution in [0, 0.1) is 0 Å². The lowest BCUT2D eigenvalue weighted by molar-refractivity contribution is 0.634. The Labute approximate surface area is 75.1 Å². The fourth-order valence-electron chi connectivity index (χ4n) is 0.627. The number of benzene rings is 1. The van der Waals surface area contributed by atoms with Crippen LogP contribution in [-0.4, -0.2) is 6.66 Å². The summed E-state index contributed by atoms with van der Waals surface area (Å²) in [5.74, 6) is 0.657. The van der Waals surface area contributed by atoms with E-state index in [1.165, 1.54) is 0 Å². The third-order valence-electron chi connectivity index (χ3n) is 0.974. The van der Waals surface area contributed by atoms with Crippen molar-refractivity contribution in [1.82, 2.24) is 0 Å². The second kappa shape index (κ2) is 4.14. The summed E-state index contributed by atoms with van der Waals surface area (Å²) in [5, 5.41) is 0. The Hall–Kier alpha value is 0.180. The minimum atomic E-state index is -0.307. The lowest BCUT2D eigenvalue weighted by atomic mass is 10.3. The number of hydrogen-bond donors (Lipinski definition) is 0. The van der Waals surface area contributed by atoms with Crippen LogP contribution in [0.25, 0.3) is 0 Å². The van der Waals surface area contributed by atoms with Crippen LogP contribution in [0.4, 0.5) is 0 Å². The van der Waals surface area contributed by atoms with Crippen LogP contribution in [0.1, 0.15) is 0 Å². The van der Waals surface area contributed by atoms with Crippen LogP contribution in [0.2, 0.25) is 0 Å². The maximum Gasteiger partial charge on any atom is 0.148 e. The molecule has 1 atom stereocenters. The quantitative estimate of drug-likeness (QED) is 0.588. The zero-order valence-electron chi connectivity index (χ0n) is 5.62. The van der Waals surface area contributed by atoms with Gasteiger partial charge in [-0.2, -0.15) is 0 Å². The predicted molar refractivity (Wildman–Crippen MR) is 53.9 cm³/mol. The summed E-state index contributed by atoms with van der Waals surface area (Å²) in [5.41, 5.74) is 0. The molecule has 1 unspecified atom stereocenters. The summed E-state index contributed by atoms with van der Waals surface area (Å²) in [7, 11) is 0. The largest absolute Gasteiger partial charge is 0.464 e. The van der Waals surface area contributed by atoms with Gasteiger partial charge in [0, 0.05) is 6.66 Å². The molecule has 1 aromatic rings. The smallest absolute Gasteiger partial charge is 0.148 e. The summed E-state index contributed by atoms with van der Waals surface area (Å²) >= 11 is 2.29. The summed E-state index contributed by atoms with van der Waals surface area (Å²) in [4.78, 5) is 0. The lowest BCUT2D eigenvalue weighted by Crippen LogP contribution is -1.77. The van der Waals surface area contributed by atoms with Crippen molar-refractivity contribution in [2.24, 2.45) is 0 Å². The van der Waals surface area contributed by atoms with Gasteiger partial charge in [-0.3, -0.25) is 0 Å². The summed E-state index contributed by atoms with van der Waals surface area (Å²) in [6.45, 7) is 2.07. The van der Waals surface area contributed by atoms with E-state index in [1.54, 1.807) is 0 Å². The van der Waals surface area contributed by atoms with Crippen LogP contribution in [0.3, 0.4) is 0 Å². The molecule has 0 amide bonds. The zero-order chi connectivity index (χ0) is 7.40. The van der Waals surface area contributed by atoms with Crippen molar-refractivity contribution in [2.45, 2.75) is 0 Å². The number of para-hydroxylation sites is 1. The van der Waals surface area contributed by atoms with E-state index in [9.17, 15) is 0 Å². The number of halogens is 1. The van der Waals surface area contributed by atoms with Crippen molar-refractivity contribution in [3.63, 3.8) is 0 Å². The normalized spacial score (nSPS) is 12.6. The summed E-state index contributed by atoms with van der Waals surface area (Å²) in [6.07, 6.45) is 0. The summed E-state index contributed by atoms with van der Waals surface area (Å²) < 4.78 is 5.47. The average Bonchev–Trinajstić information content (AvgIpc) is 1.88. The fraction of sp³-hybridized carbons (Fsp3) is 0.143. The third kappa shape index (κ3) is 2.84. The van der Waals surface area contributed by atoms with E-state index < -0.39 is 0 Å².